The molecule has 0 aliphatic carbocycles. The second-order valence-corrected chi connectivity index (χ2v) is 5.55. The predicted molar refractivity (Wildman–Crippen MR) is 80.8 cm³/mol. The van der Waals surface area contributed by atoms with Crippen LogP contribution in [0.3, 0.4) is 0 Å². The van der Waals surface area contributed by atoms with E-state index in [1.165, 1.54) is 19.2 Å². The van der Waals surface area contributed by atoms with Gasteiger partial charge >= 0.3 is 5.97 Å². The molecule has 2 unspecified atom stereocenters. The van der Waals surface area contributed by atoms with E-state index in [4.69, 9.17) is 4.74 Å². The number of anilines is 1. The lowest BCUT2D eigenvalue weighted by molar-refractivity contribution is -0.147. The molecule has 1 aromatic rings. The number of methoxy groups -OCH3 is 1. The maximum absolute atomic E-state index is 12.9. The molecule has 0 spiro atoms. The third-order valence-electron chi connectivity index (χ3n) is 4.38. The van der Waals surface area contributed by atoms with E-state index in [2.05, 4.69) is 16.7 Å². The first-order valence-corrected chi connectivity index (χ1v) is 7.35. The molecule has 2 atom stereocenters. The molecule has 1 heterocycles. The van der Waals surface area contributed by atoms with Crippen molar-refractivity contribution in [3.05, 3.63) is 30.1 Å². The number of nitrogens with zero attached hydrogens (tertiary/aromatic N) is 2. The summed E-state index contributed by atoms with van der Waals surface area (Å²) in [6, 6.07) is 6.76. The van der Waals surface area contributed by atoms with Crippen molar-refractivity contribution in [2.24, 2.45) is 5.92 Å². The van der Waals surface area contributed by atoms with Crippen LogP contribution in [0, 0.1) is 11.7 Å². The normalized spacial score (nSPS) is 19.1. The minimum absolute atomic E-state index is 0.132. The first kappa shape index (κ1) is 15.8. The van der Waals surface area contributed by atoms with Crippen LogP contribution in [0.25, 0.3) is 0 Å². The summed E-state index contributed by atoms with van der Waals surface area (Å²) in [4.78, 5) is 16.2. The molecule has 0 saturated carbocycles. The number of carbonyl (C=O) groups excluding carboxylic acids is 1. The van der Waals surface area contributed by atoms with Crippen molar-refractivity contribution in [2.45, 2.75) is 19.9 Å². The summed E-state index contributed by atoms with van der Waals surface area (Å²) in [6.45, 7) is 7.51. The number of esters is 1. The number of piperazine rings is 1. The molecule has 5 heteroatoms. The van der Waals surface area contributed by atoms with Crippen LogP contribution in [0.4, 0.5) is 10.1 Å². The average Bonchev–Trinajstić information content (AvgIpc) is 2.53. The highest BCUT2D eigenvalue weighted by Gasteiger charge is 2.28. The largest absolute Gasteiger partial charge is 0.469 e. The quantitative estimate of drug-likeness (QED) is 0.797. The molecule has 0 bridgehead atoms. The first-order valence-electron chi connectivity index (χ1n) is 7.35. The van der Waals surface area contributed by atoms with Gasteiger partial charge in [0.25, 0.3) is 0 Å². The fraction of sp³-hybridized carbons (Fsp3) is 0.562. The van der Waals surface area contributed by atoms with Crippen LogP contribution in [0.5, 0.6) is 0 Å². The lowest BCUT2D eigenvalue weighted by Gasteiger charge is -2.40. The lowest BCUT2D eigenvalue weighted by Crippen LogP contribution is -2.52. The van der Waals surface area contributed by atoms with E-state index in [0.29, 0.717) is 0 Å². The highest BCUT2D eigenvalue weighted by atomic mass is 19.1. The van der Waals surface area contributed by atoms with Crippen LogP contribution >= 0.6 is 0 Å². The Hall–Kier alpha value is -1.62. The summed E-state index contributed by atoms with van der Waals surface area (Å²) in [5.74, 6) is -0.506. The number of benzene rings is 1. The van der Waals surface area contributed by atoms with Gasteiger partial charge in [-0.15, -0.1) is 0 Å². The molecule has 21 heavy (non-hydrogen) atoms. The number of hydrogen-bond donors (Lipinski definition) is 0. The Kier molecular flexibility index (Phi) is 5.17. The van der Waals surface area contributed by atoms with Gasteiger partial charge in [0.2, 0.25) is 0 Å². The van der Waals surface area contributed by atoms with E-state index in [9.17, 15) is 9.18 Å². The second kappa shape index (κ2) is 6.89. The van der Waals surface area contributed by atoms with E-state index < -0.39 is 0 Å². The van der Waals surface area contributed by atoms with Gasteiger partial charge in [0.05, 0.1) is 13.0 Å². The van der Waals surface area contributed by atoms with Gasteiger partial charge in [-0.25, -0.2) is 4.39 Å². The van der Waals surface area contributed by atoms with Crippen molar-refractivity contribution >= 4 is 11.7 Å². The van der Waals surface area contributed by atoms with E-state index in [-0.39, 0.29) is 23.7 Å². The second-order valence-electron chi connectivity index (χ2n) is 5.55. The molecule has 4 nitrogen and oxygen atoms in total. The van der Waals surface area contributed by atoms with Gasteiger partial charge in [0.15, 0.2) is 0 Å². The summed E-state index contributed by atoms with van der Waals surface area (Å²) < 4.78 is 17.8. The molecule has 1 aromatic carbocycles. The molecular weight excluding hydrogens is 271 g/mol. The average molecular weight is 294 g/mol. The SMILES string of the molecule is COC(=O)C(C)C(C)N1CCN(c2ccc(F)cc2)CC1. The molecule has 116 valence electrons. The Bertz CT molecular complexity index is 470. The van der Waals surface area contributed by atoms with Crippen LogP contribution in [0.15, 0.2) is 24.3 Å². The molecule has 1 saturated heterocycles. The highest BCUT2D eigenvalue weighted by molar-refractivity contribution is 5.72. The summed E-state index contributed by atoms with van der Waals surface area (Å²) in [7, 11) is 1.43. The van der Waals surface area contributed by atoms with Gasteiger partial charge in [0, 0.05) is 37.9 Å². The molecule has 0 radical (unpaired) electrons. The summed E-state index contributed by atoms with van der Waals surface area (Å²) in [5, 5.41) is 0. The maximum atomic E-state index is 12.9. The van der Waals surface area contributed by atoms with Crippen LogP contribution in [-0.4, -0.2) is 50.2 Å². The molecule has 0 N–H and O–H groups in total. The monoisotopic (exact) mass is 294 g/mol. The standard InChI is InChI=1S/C16H23FN2O2/c1-12(16(20)21-3)13(2)18-8-10-19(11-9-18)15-6-4-14(17)5-7-15/h4-7,12-13H,8-11H2,1-3H3. The van der Waals surface area contributed by atoms with Crippen molar-refractivity contribution in [3.8, 4) is 0 Å². The Balaban J connectivity index is 1.91. The van der Waals surface area contributed by atoms with Crippen LogP contribution < -0.4 is 4.90 Å². The molecule has 0 amide bonds. The van der Waals surface area contributed by atoms with E-state index >= 15 is 0 Å². The zero-order valence-electron chi connectivity index (χ0n) is 12.9. The van der Waals surface area contributed by atoms with E-state index in [1.807, 2.05) is 19.1 Å². The van der Waals surface area contributed by atoms with Crippen molar-refractivity contribution in [3.63, 3.8) is 0 Å². The predicted octanol–water partition coefficient (Wildman–Crippen LogP) is 2.15. The fourth-order valence-corrected chi connectivity index (χ4v) is 2.74. The summed E-state index contributed by atoms with van der Waals surface area (Å²) in [6.07, 6.45) is 0. The van der Waals surface area contributed by atoms with Crippen molar-refractivity contribution in [2.75, 3.05) is 38.2 Å². The van der Waals surface area contributed by atoms with E-state index in [0.717, 1.165) is 31.9 Å². The van der Waals surface area contributed by atoms with Gasteiger partial charge in [-0.3, -0.25) is 9.69 Å². The van der Waals surface area contributed by atoms with Gasteiger partial charge in [-0.1, -0.05) is 6.92 Å². The first-order chi connectivity index (χ1) is 10.0. The number of halogens is 1. The molecule has 1 aliphatic heterocycles. The Labute approximate surface area is 125 Å². The number of hydrogen-bond acceptors (Lipinski definition) is 4. The summed E-state index contributed by atoms with van der Waals surface area (Å²) in [5.41, 5.74) is 1.05. The maximum Gasteiger partial charge on any atom is 0.309 e. The Morgan fingerprint density at radius 2 is 1.71 bits per heavy atom. The minimum atomic E-state index is -0.210. The van der Waals surface area contributed by atoms with E-state index in [1.54, 1.807) is 0 Å². The summed E-state index contributed by atoms with van der Waals surface area (Å²) >= 11 is 0. The minimum Gasteiger partial charge on any atom is -0.469 e. The molecule has 1 fully saturated rings. The van der Waals surface area contributed by atoms with Crippen molar-refractivity contribution < 1.29 is 13.9 Å². The number of ether oxygens (including phenoxy) is 1. The van der Waals surface area contributed by atoms with Crippen LogP contribution in [-0.2, 0) is 9.53 Å². The fourth-order valence-electron chi connectivity index (χ4n) is 2.74. The zero-order chi connectivity index (χ0) is 15.4. The molecular formula is C16H23FN2O2. The van der Waals surface area contributed by atoms with Gasteiger partial charge < -0.3 is 9.64 Å². The molecule has 2 rings (SSSR count). The highest BCUT2D eigenvalue weighted by Crippen LogP contribution is 2.20. The van der Waals surface area contributed by atoms with Gasteiger partial charge in [-0.05, 0) is 31.2 Å². The van der Waals surface area contributed by atoms with Crippen LogP contribution in [0.2, 0.25) is 0 Å². The number of carbonyl (C=O) groups is 1. The van der Waals surface area contributed by atoms with Crippen LogP contribution in [0.1, 0.15) is 13.8 Å². The smallest absolute Gasteiger partial charge is 0.309 e. The Morgan fingerprint density at radius 3 is 2.24 bits per heavy atom. The Morgan fingerprint density at radius 1 is 1.14 bits per heavy atom. The molecule has 1 aliphatic rings. The van der Waals surface area contributed by atoms with Gasteiger partial charge in [0.1, 0.15) is 5.82 Å². The third-order valence-corrected chi connectivity index (χ3v) is 4.38. The van der Waals surface area contributed by atoms with Gasteiger partial charge in [-0.2, -0.15) is 0 Å². The topological polar surface area (TPSA) is 32.8 Å². The lowest BCUT2D eigenvalue weighted by atomic mass is 10.0. The van der Waals surface area contributed by atoms with Crippen molar-refractivity contribution in [1.29, 1.82) is 0 Å². The third kappa shape index (κ3) is 3.73. The number of rotatable bonds is 4. The molecule has 0 aromatic heterocycles. The van der Waals surface area contributed by atoms with Crippen molar-refractivity contribution in [1.82, 2.24) is 4.90 Å². The zero-order valence-corrected chi connectivity index (χ0v) is 12.9.